The third kappa shape index (κ3) is 4.32. The van der Waals surface area contributed by atoms with Gasteiger partial charge in [-0.2, -0.15) is 5.10 Å². The molecule has 2 heterocycles. The minimum absolute atomic E-state index is 0.0152. The number of hydrogen-bond donors (Lipinski definition) is 0. The number of ether oxygens (including phenoxy) is 3. The molecule has 0 bridgehead atoms. The van der Waals surface area contributed by atoms with Crippen LogP contribution in [0.5, 0.6) is 11.5 Å². The van der Waals surface area contributed by atoms with Crippen LogP contribution >= 0.6 is 0 Å². The minimum Gasteiger partial charge on any atom is -0.493 e. The summed E-state index contributed by atoms with van der Waals surface area (Å²) in [5.41, 5.74) is 1.32. The van der Waals surface area contributed by atoms with Crippen LogP contribution in [-0.2, 0) is 4.74 Å². The fourth-order valence-electron chi connectivity index (χ4n) is 3.03. The van der Waals surface area contributed by atoms with Crippen LogP contribution in [0.2, 0.25) is 0 Å². The number of carbonyl (C=O) groups excluding carboxylic acids is 2. The number of Topliss-reactive ketones (excluding diaryl/α,β-unsaturated/α-hetero) is 1. The lowest BCUT2D eigenvalue weighted by Crippen LogP contribution is -2.16. The van der Waals surface area contributed by atoms with Gasteiger partial charge >= 0.3 is 5.97 Å². The molecular weight excluding hydrogens is 386 g/mol. The van der Waals surface area contributed by atoms with Gasteiger partial charge in [-0.25, -0.2) is 14.5 Å². The molecule has 0 aliphatic carbocycles. The highest BCUT2D eigenvalue weighted by Crippen LogP contribution is 2.28. The third-order valence-corrected chi connectivity index (χ3v) is 4.48. The summed E-state index contributed by atoms with van der Waals surface area (Å²) in [4.78, 5) is 29.5. The Bertz CT molecular complexity index is 1040. The Morgan fingerprint density at radius 2 is 1.83 bits per heavy atom. The highest BCUT2D eigenvalue weighted by Gasteiger charge is 2.23. The van der Waals surface area contributed by atoms with Crippen LogP contribution in [0, 0.1) is 0 Å². The van der Waals surface area contributed by atoms with Crippen LogP contribution in [0.15, 0.2) is 48.8 Å². The number of pyridine rings is 1. The van der Waals surface area contributed by atoms with Crippen molar-refractivity contribution in [2.45, 2.75) is 19.8 Å². The molecule has 0 N–H and O–H groups in total. The number of carbonyl (C=O) groups is 2. The third-order valence-electron chi connectivity index (χ3n) is 4.48. The van der Waals surface area contributed by atoms with E-state index in [-0.39, 0.29) is 11.7 Å². The number of benzene rings is 1. The molecule has 0 saturated heterocycles. The van der Waals surface area contributed by atoms with Crippen molar-refractivity contribution in [3.63, 3.8) is 0 Å². The van der Waals surface area contributed by atoms with Gasteiger partial charge in [0, 0.05) is 11.8 Å². The van der Waals surface area contributed by atoms with Crippen LogP contribution in [0.1, 0.15) is 46.2 Å². The summed E-state index contributed by atoms with van der Waals surface area (Å²) in [5.74, 6) is 0.547. The van der Waals surface area contributed by atoms with E-state index in [0.29, 0.717) is 34.1 Å². The van der Waals surface area contributed by atoms with Crippen molar-refractivity contribution in [3.8, 4) is 17.3 Å². The molecule has 2 aromatic heterocycles. The molecule has 156 valence electrons. The summed E-state index contributed by atoms with van der Waals surface area (Å²) >= 11 is 0. The SMILES string of the molecule is COc1ccc(C(=O)COC(=O)c2cnn(-c3ccccn3)c2C(C)C)cc1OC. The number of ketones is 1. The van der Waals surface area contributed by atoms with E-state index in [2.05, 4.69) is 10.1 Å². The van der Waals surface area contributed by atoms with Gasteiger partial charge in [0.1, 0.15) is 5.56 Å². The Morgan fingerprint density at radius 1 is 1.07 bits per heavy atom. The van der Waals surface area contributed by atoms with Crippen LogP contribution in [0.4, 0.5) is 0 Å². The van der Waals surface area contributed by atoms with Crippen LogP contribution in [0.3, 0.4) is 0 Å². The Labute approximate surface area is 174 Å². The summed E-state index contributed by atoms with van der Waals surface area (Å²) < 4.78 is 17.3. The molecule has 0 spiro atoms. The van der Waals surface area contributed by atoms with E-state index in [1.165, 1.54) is 20.4 Å². The predicted molar refractivity (Wildman–Crippen MR) is 110 cm³/mol. The van der Waals surface area contributed by atoms with Gasteiger partial charge in [-0.15, -0.1) is 0 Å². The van der Waals surface area contributed by atoms with Gasteiger partial charge in [0.15, 0.2) is 29.7 Å². The maximum atomic E-state index is 12.7. The number of hydrogen-bond acceptors (Lipinski definition) is 7. The fourth-order valence-corrected chi connectivity index (χ4v) is 3.03. The Balaban J connectivity index is 1.77. The van der Waals surface area contributed by atoms with Gasteiger partial charge in [-0.3, -0.25) is 4.79 Å². The number of aromatic nitrogens is 3. The summed E-state index contributed by atoms with van der Waals surface area (Å²) in [5, 5.41) is 4.29. The maximum absolute atomic E-state index is 12.7. The van der Waals surface area contributed by atoms with Crippen LogP contribution in [-0.4, -0.2) is 47.3 Å². The average molecular weight is 409 g/mol. The molecule has 0 aliphatic heterocycles. The smallest absolute Gasteiger partial charge is 0.342 e. The topological polar surface area (TPSA) is 92.5 Å². The van der Waals surface area contributed by atoms with Crippen LogP contribution < -0.4 is 9.47 Å². The molecule has 0 amide bonds. The molecule has 3 rings (SSSR count). The predicted octanol–water partition coefficient (Wildman–Crippen LogP) is 3.45. The van der Waals surface area contributed by atoms with Crippen molar-refractivity contribution in [1.82, 2.24) is 14.8 Å². The lowest BCUT2D eigenvalue weighted by Gasteiger charge is -2.12. The molecule has 3 aromatic rings. The van der Waals surface area contributed by atoms with E-state index >= 15 is 0 Å². The summed E-state index contributed by atoms with van der Waals surface area (Å²) in [6.07, 6.45) is 3.09. The quantitative estimate of drug-likeness (QED) is 0.416. The fraction of sp³-hybridized carbons (Fsp3) is 0.273. The first-order valence-electron chi connectivity index (χ1n) is 9.38. The Hall–Kier alpha value is -3.68. The average Bonchev–Trinajstić information content (AvgIpc) is 3.23. The highest BCUT2D eigenvalue weighted by atomic mass is 16.5. The molecule has 30 heavy (non-hydrogen) atoms. The van der Waals surface area contributed by atoms with E-state index in [1.54, 1.807) is 41.2 Å². The van der Waals surface area contributed by atoms with Gasteiger partial charge in [0.05, 0.1) is 26.1 Å². The molecular formula is C22H23N3O5. The van der Waals surface area contributed by atoms with E-state index in [9.17, 15) is 9.59 Å². The summed E-state index contributed by atoms with van der Waals surface area (Å²) in [6.45, 7) is 3.49. The van der Waals surface area contributed by atoms with E-state index in [4.69, 9.17) is 14.2 Å². The first-order chi connectivity index (χ1) is 14.5. The molecule has 0 atom stereocenters. The number of esters is 1. The van der Waals surface area contributed by atoms with Gasteiger partial charge in [0.25, 0.3) is 0 Å². The van der Waals surface area contributed by atoms with Crippen molar-refractivity contribution < 1.29 is 23.8 Å². The highest BCUT2D eigenvalue weighted by molar-refractivity contribution is 6.00. The zero-order valence-corrected chi connectivity index (χ0v) is 17.3. The number of nitrogens with zero attached hydrogens (tertiary/aromatic N) is 3. The van der Waals surface area contributed by atoms with Gasteiger partial charge in [-0.1, -0.05) is 19.9 Å². The molecule has 0 aliphatic rings. The molecule has 0 saturated carbocycles. The first kappa shape index (κ1) is 21.0. The molecule has 0 unspecified atom stereocenters. The van der Waals surface area contributed by atoms with Crippen molar-refractivity contribution in [1.29, 1.82) is 0 Å². The summed E-state index contributed by atoms with van der Waals surface area (Å²) in [6, 6.07) is 10.2. The zero-order valence-electron chi connectivity index (χ0n) is 17.3. The molecule has 0 radical (unpaired) electrons. The lowest BCUT2D eigenvalue weighted by molar-refractivity contribution is 0.0473. The molecule has 8 nitrogen and oxygen atoms in total. The van der Waals surface area contributed by atoms with Crippen molar-refractivity contribution >= 4 is 11.8 Å². The molecule has 8 heteroatoms. The van der Waals surface area contributed by atoms with Crippen molar-refractivity contribution in [3.05, 3.63) is 65.6 Å². The van der Waals surface area contributed by atoms with Crippen molar-refractivity contribution in [2.75, 3.05) is 20.8 Å². The lowest BCUT2D eigenvalue weighted by atomic mass is 10.1. The van der Waals surface area contributed by atoms with Gasteiger partial charge in [-0.05, 0) is 36.2 Å². The summed E-state index contributed by atoms with van der Waals surface area (Å²) in [7, 11) is 3.00. The normalized spacial score (nSPS) is 10.7. The Morgan fingerprint density at radius 3 is 2.47 bits per heavy atom. The first-order valence-corrected chi connectivity index (χ1v) is 9.38. The standard InChI is InChI=1S/C22H23N3O5/c1-14(2)21-16(12-24-25(21)20-7-5-6-10-23-20)22(27)30-13-17(26)15-8-9-18(28-3)19(11-15)29-4/h5-12,14H,13H2,1-4H3. The van der Waals surface area contributed by atoms with Gasteiger partial charge < -0.3 is 14.2 Å². The number of methoxy groups -OCH3 is 2. The van der Waals surface area contributed by atoms with E-state index in [0.717, 1.165) is 0 Å². The zero-order chi connectivity index (χ0) is 21.7. The number of rotatable bonds is 8. The monoisotopic (exact) mass is 409 g/mol. The minimum atomic E-state index is -0.616. The molecule has 1 aromatic carbocycles. The van der Waals surface area contributed by atoms with Crippen molar-refractivity contribution in [2.24, 2.45) is 0 Å². The Kier molecular flexibility index (Phi) is 6.46. The van der Waals surface area contributed by atoms with Crippen LogP contribution in [0.25, 0.3) is 5.82 Å². The second-order valence-electron chi connectivity index (χ2n) is 6.77. The van der Waals surface area contributed by atoms with E-state index in [1.807, 2.05) is 19.9 Å². The maximum Gasteiger partial charge on any atom is 0.342 e. The second-order valence-corrected chi connectivity index (χ2v) is 6.77. The molecule has 0 fully saturated rings. The largest absolute Gasteiger partial charge is 0.493 e. The van der Waals surface area contributed by atoms with E-state index < -0.39 is 12.6 Å². The second kappa shape index (κ2) is 9.21. The van der Waals surface area contributed by atoms with Gasteiger partial charge in [0.2, 0.25) is 0 Å².